The summed E-state index contributed by atoms with van der Waals surface area (Å²) in [6, 6.07) is 5.93. The Bertz CT molecular complexity index is 980. The van der Waals surface area contributed by atoms with Gasteiger partial charge in [-0.1, -0.05) is 12.0 Å². The van der Waals surface area contributed by atoms with E-state index in [1.165, 1.54) is 13.1 Å². The van der Waals surface area contributed by atoms with Gasteiger partial charge in [0.15, 0.2) is 11.6 Å². The molecule has 0 spiro atoms. The van der Waals surface area contributed by atoms with Crippen molar-refractivity contribution in [1.82, 2.24) is 25.3 Å². The Labute approximate surface area is 138 Å². The summed E-state index contributed by atoms with van der Waals surface area (Å²) in [5, 5.41) is 2.59. The first kappa shape index (κ1) is 15.5. The number of nitrogens with two attached hydrogens (primary N) is 1. The number of carbonyl (C=O) groups excluding carboxylic acids is 1. The van der Waals surface area contributed by atoms with E-state index >= 15 is 0 Å². The molecule has 7 heteroatoms. The number of carbonyl (C=O) groups is 1. The Morgan fingerprint density at radius 3 is 3.00 bits per heavy atom. The number of hydrogen-bond donors (Lipinski definition) is 3. The number of aryl methyl sites for hydroxylation is 1. The van der Waals surface area contributed by atoms with Crippen molar-refractivity contribution in [2.75, 3.05) is 12.3 Å². The highest BCUT2D eigenvalue weighted by atomic mass is 16.1. The number of nitrogens with zero attached hydrogens (tertiary/aromatic N) is 3. The number of rotatable bonds is 2. The van der Waals surface area contributed by atoms with Crippen LogP contribution in [0.4, 0.5) is 5.82 Å². The fraction of sp³-hybridized carbons (Fsp3) is 0.176. The number of anilines is 1. The third kappa shape index (κ3) is 3.33. The SMILES string of the molecule is CC(=O)NCC#Cc1cnc(N)c(-c2nc3ccc(C)cc3[nH]2)n1. The topological polar surface area (TPSA) is 110 Å². The summed E-state index contributed by atoms with van der Waals surface area (Å²) < 4.78 is 0. The number of aromatic nitrogens is 4. The van der Waals surface area contributed by atoms with Crippen LogP contribution in [0, 0.1) is 18.8 Å². The smallest absolute Gasteiger partial charge is 0.217 e. The number of fused-ring (bicyclic) bond motifs is 1. The minimum Gasteiger partial charge on any atom is -0.382 e. The molecule has 0 fully saturated rings. The fourth-order valence-electron chi connectivity index (χ4n) is 2.17. The molecule has 0 atom stereocenters. The van der Waals surface area contributed by atoms with Gasteiger partial charge in [-0.3, -0.25) is 4.79 Å². The van der Waals surface area contributed by atoms with Crippen molar-refractivity contribution in [3.63, 3.8) is 0 Å². The predicted molar refractivity (Wildman–Crippen MR) is 91.8 cm³/mol. The molecule has 3 rings (SSSR count). The summed E-state index contributed by atoms with van der Waals surface area (Å²) in [4.78, 5) is 27.1. The van der Waals surface area contributed by atoms with E-state index in [0.717, 1.165) is 16.6 Å². The molecule has 2 aromatic heterocycles. The molecule has 0 bridgehead atoms. The zero-order valence-electron chi connectivity index (χ0n) is 13.3. The summed E-state index contributed by atoms with van der Waals surface area (Å²) in [7, 11) is 0. The van der Waals surface area contributed by atoms with Crippen LogP contribution in [0.1, 0.15) is 18.2 Å². The van der Waals surface area contributed by atoms with Crippen molar-refractivity contribution in [2.24, 2.45) is 0 Å². The molecule has 3 aromatic rings. The van der Waals surface area contributed by atoms with E-state index in [2.05, 4.69) is 37.1 Å². The highest BCUT2D eigenvalue weighted by molar-refractivity contribution is 5.81. The van der Waals surface area contributed by atoms with E-state index in [4.69, 9.17) is 5.73 Å². The van der Waals surface area contributed by atoms with Gasteiger partial charge in [0, 0.05) is 6.92 Å². The fourth-order valence-corrected chi connectivity index (χ4v) is 2.17. The van der Waals surface area contributed by atoms with Crippen molar-refractivity contribution in [1.29, 1.82) is 0 Å². The van der Waals surface area contributed by atoms with Gasteiger partial charge in [0.2, 0.25) is 5.91 Å². The number of benzene rings is 1. The summed E-state index contributed by atoms with van der Waals surface area (Å²) >= 11 is 0. The molecular weight excluding hydrogens is 304 g/mol. The Morgan fingerprint density at radius 2 is 2.21 bits per heavy atom. The average Bonchev–Trinajstić information content (AvgIpc) is 2.95. The molecule has 1 aromatic carbocycles. The number of nitrogens with one attached hydrogen (secondary N) is 2. The second-order valence-corrected chi connectivity index (χ2v) is 5.31. The molecular formula is C17H16N6O. The van der Waals surface area contributed by atoms with E-state index in [-0.39, 0.29) is 18.3 Å². The van der Waals surface area contributed by atoms with Crippen molar-refractivity contribution in [3.05, 3.63) is 35.7 Å². The van der Waals surface area contributed by atoms with Crippen LogP contribution >= 0.6 is 0 Å². The Kier molecular flexibility index (Phi) is 4.12. The first-order chi connectivity index (χ1) is 11.5. The lowest BCUT2D eigenvalue weighted by atomic mass is 10.2. The van der Waals surface area contributed by atoms with Crippen LogP contribution in [0.5, 0.6) is 0 Å². The number of aromatic amines is 1. The lowest BCUT2D eigenvalue weighted by molar-refractivity contribution is -0.118. The maximum absolute atomic E-state index is 10.8. The molecule has 0 radical (unpaired) electrons. The minimum atomic E-state index is -0.133. The van der Waals surface area contributed by atoms with Crippen molar-refractivity contribution in [2.45, 2.75) is 13.8 Å². The number of hydrogen-bond acceptors (Lipinski definition) is 5. The second kappa shape index (κ2) is 6.38. The Hall–Kier alpha value is -3.40. The standard InChI is InChI=1S/C17H16N6O/c1-10-5-6-13-14(8-10)23-17(22-13)15-16(18)20-9-12(21-15)4-3-7-19-11(2)24/h5-6,8-9H,7H2,1-2H3,(H2,18,20)(H,19,24)(H,22,23). The monoisotopic (exact) mass is 320 g/mol. The molecule has 1 amide bonds. The van der Waals surface area contributed by atoms with Gasteiger partial charge >= 0.3 is 0 Å². The molecule has 4 N–H and O–H groups in total. The third-order valence-corrected chi connectivity index (χ3v) is 3.30. The zero-order valence-corrected chi connectivity index (χ0v) is 13.3. The summed E-state index contributed by atoms with van der Waals surface area (Å²) in [5.74, 6) is 6.34. The molecule has 0 aliphatic carbocycles. The summed E-state index contributed by atoms with van der Waals surface area (Å²) in [6.45, 7) is 3.70. The van der Waals surface area contributed by atoms with E-state index in [1.807, 2.05) is 25.1 Å². The third-order valence-electron chi connectivity index (χ3n) is 3.30. The van der Waals surface area contributed by atoms with Crippen molar-refractivity contribution >= 4 is 22.8 Å². The number of H-pyrrole nitrogens is 1. The van der Waals surface area contributed by atoms with Crippen LogP contribution < -0.4 is 11.1 Å². The number of nitrogen functional groups attached to an aromatic ring is 1. The molecule has 7 nitrogen and oxygen atoms in total. The molecule has 0 saturated carbocycles. The lowest BCUT2D eigenvalue weighted by Gasteiger charge is -2.00. The maximum Gasteiger partial charge on any atom is 0.217 e. The van der Waals surface area contributed by atoms with Gasteiger partial charge < -0.3 is 16.0 Å². The van der Waals surface area contributed by atoms with Crippen molar-refractivity contribution in [3.8, 4) is 23.4 Å². The number of imidazole rings is 1. The summed E-state index contributed by atoms with van der Waals surface area (Å²) in [5.41, 5.74) is 9.72. The lowest BCUT2D eigenvalue weighted by Crippen LogP contribution is -2.19. The van der Waals surface area contributed by atoms with Crippen LogP contribution in [0.15, 0.2) is 24.4 Å². The number of amides is 1. The van der Waals surface area contributed by atoms with Gasteiger partial charge in [-0.2, -0.15) is 0 Å². The molecule has 2 heterocycles. The van der Waals surface area contributed by atoms with E-state index in [0.29, 0.717) is 17.2 Å². The molecule has 24 heavy (non-hydrogen) atoms. The van der Waals surface area contributed by atoms with Gasteiger partial charge in [0.05, 0.1) is 23.8 Å². The first-order valence-corrected chi connectivity index (χ1v) is 7.35. The van der Waals surface area contributed by atoms with Crippen LogP contribution in [-0.4, -0.2) is 32.4 Å². The largest absolute Gasteiger partial charge is 0.382 e. The van der Waals surface area contributed by atoms with E-state index < -0.39 is 0 Å². The second-order valence-electron chi connectivity index (χ2n) is 5.31. The van der Waals surface area contributed by atoms with Gasteiger partial charge in [0.1, 0.15) is 11.4 Å². The van der Waals surface area contributed by atoms with Gasteiger partial charge in [-0.05, 0) is 30.5 Å². The molecule has 0 aliphatic heterocycles. The molecule has 120 valence electrons. The van der Waals surface area contributed by atoms with Crippen LogP contribution in [0.3, 0.4) is 0 Å². The molecule has 0 unspecified atom stereocenters. The highest BCUT2D eigenvalue weighted by Gasteiger charge is 2.12. The van der Waals surface area contributed by atoms with Crippen LogP contribution in [0.25, 0.3) is 22.6 Å². The predicted octanol–water partition coefficient (Wildman–Crippen LogP) is 1.40. The minimum absolute atomic E-state index is 0.133. The first-order valence-electron chi connectivity index (χ1n) is 7.35. The van der Waals surface area contributed by atoms with Gasteiger partial charge in [-0.15, -0.1) is 0 Å². The maximum atomic E-state index is 10.8. The van der Waals surface area contributed by atoms with Gasteiger partial charge in [0.25, 0.3) is 0 Å². The Morgan fingerprint density at radius 1 is 1.38 bits per heavy atom. The average molecular weight is 320 g/mol. The zero-order chi connectivity index (χ0) is 17.1. The van der Waals surface area contributed by atoms with Gasteiger partial charge in [-0.25, -0.2) is 15.0 Å². The highest BCUT2D eigenvalue weighted by Crippen LogP contribution is 2.23. The van der Waals surface area contributed by atoms with Crippen LogP contribution in [-0.2, 0) is 4.79 Å². The van der Waals surface area contributed by atoms with Crippen LogP contribution in [0.2, 0.25) is 0 Å². The normalized spacial score (nSPS) is 10.2. The van der Waals surface area contributed by atoms with E-state index in [9.17, 15) is 4.79 Å². The summed E-state index contributed by atoms with van der Waals surface area (Å²) in [6.07, 6.45) is 1.49. The molecule has 0 aliphatic rings. The van der Waals surface area contributed by atoms with Crippen molar-refractivity contribution < 1.29 is 4.79 Å². The Balaban J connectivity index is 1.94. The quantitative estimate of drug-likeness (QED) is 0.618. The van der Waals surface area contributed by atoms with E-state index in [1.54, 1.807) is 0 Å². The molecule has 0 saturated heterocycles.